The van der Waals surface area contributed by atoms with Crippen molar-refractivity contribution in [1.82, 2.24) is 29.6 Å². The first-order valence-corrected chi connectivity index (χ1v) is 8.58. The Bertz CT molecular complexity index is 974. The zero-order valence-corrected chi connectivity index (χ0v) is 14.4. The molecule has 0 aromatic carbocycles. The van der Waals surface area contributed by atoms with Crippen LogP contribution in [0.1, 0.15) is 6.04 Å². The molecule has 3 aromatic heterocycles. The number of carbonyl (C=O) groups is 1. The van der Waals surface area contributed by atoms with Crippen LogP contribution in [0.15, 0.2) is 37.1 Å². The molecule has 0 bridgehead atoms. The number of carbonyl (C=O) groups excluding carboxylic acids is 1. The zero-order valence-electron chi connectivity index (χ0n) is 14.4. The minimum atomic E-state index is 0.0275. The van der Waals surface area contributed by atoms with Crippen LogP contribution in [0.4, 0.5) is 16.3 Å². The van der Waals surface area contributed by atoms with Crippen molar-refractivity contribution in [3.8, 4) is 0 Å². The fourth-order valence-electron chi connectivity index (χ4n) is 3.48. The van der Waals surface area contributed by atoms with Crippen molar-refractivity contribution in [1.29, 1.82) is 0 Å². The number of nitrogens with zero attached hydrogens (tertiary/aromatic N) is 8. The number of hydrogen-bond donors (Lipinski definition) is 0. The Labute approximate surface area is 149 Å². The van der Waals surface area contributed by atoms with Crippen molar-refractivity contribution in [2.75, 3.05) is 43.0 Å². The van der Waals surface area contributed by atoms with Crippen LogP contribution in [0.25, 0.3) is 11.0 Å². The highest BCUT2D eigenvalue weighted by Crippen LogP contribution is 2.31. The summed E-state index contributed by atoms with van der Waals surface area (Å²) in [4.78, 5) is 30.7. The first-order valence-electron chi connectivity index (χ1n) is 8.58. The van der Waals surface area contributed by atoms with Crippen LogP contribution in [0.5, 0.6) is 0 Å². The molecule has 5 heterocycles. The maximum absolute atomic E-state index is 12.1. The number of fused-ring (bicyclic) bond motifs is 1. The zero-order chi connectivity index (χ0) is 17.7. The smallest absolute Gasteiger partial charge is 0.324 e. The lowest BCUT2D eigenvalue weighted by atomic mass is 10.1. The molecule has 0 spiro atoms. The molecule has 0 N–H and O–H groups in total. The molecule has 9 heteroatoms. The van der Waals surface area contributed by atoms with E-state index in [1.807, 2.05) is 30.1 Å². The van der Waals surface area contributed by atoms with Gasteiger partial charge in [0.25, 0.3) is 0 Å². The Morgan fingerprint density at radius 1 is 1.15 bits per heavy atom. The standard InChI is InChI=1S/C17H18N8O/c1-22-5-6-24(17(22)26)12-7-21-25(10-12)13-8-23(9-13)16-14-3-2-4-18-15(14)19-11-20-16/h2-4,7,10-11,13H,5-6,8-9H2,1H3. The number of rotatable bonds is 3. The Hall–Kier alpha value is -3.23. The molecule has 132 valence electrons. The van der Waals surface area contributed by atoms with Gasteiger partial charge in [-0.05, 0) is 12.1 Å². The van der Waals surface area contributed by atoms with E-state index in [-0.39, 0.29) is 12.1 Å². The number of likely N-dealkylation sites (N-methyl/N-ethyl adjacent to an activating group) is 1. The number of amides is 2. The number of hydrogen-bond acceptors (Lipinski definition) is 6. The van der Waals surface area contributed by atoms with Gasteiger partial charge >= 0.3 is 6.03 Å². The van der Waals surface area contributed by atoms with Gasteiger partial charge in [-0.15, -0.1) is 0 Å². The van der Waals surface area contributed by atoms with Crippen LogP contribution < -0.4 is 9.80 Å². The van der Waals surface area contributed by atoms with Gasteiger partial charge in [0.15, 0.2) is 5.65 Å². The highest BCUT2D eigenvalue weighted by atomic mass is 16.2. The molecule has 2 aliphatic heterocycles. The van der Waals surface area contributed by atoms with E-state index in [2.05, 4.69) is 25.0 Å². The van der Waals surface area contributed by atoms with Crippen LogP contribution in [-0.4, -0.2) is 68.9 Å². The monoisotopic (exact) mass is 350 g/mol. The van der Waals surface area contributed by atoms with Crippen molar-refractivity contribution < 1.29 is 4.79 Å². The van der Waals surface area contributed by atoms with Crippen molar-refractivity contribution in [3.05, 3.63) is 37.1 Å². The summed E-state index contributed by atoms with van der Waals surface area (Å²) in [5.41, 5.74) is 1.56. The summed E-state index contributed by atoms with van der Waals surface area (Å²) in [7, 11) is 1.82. The van der Waals surface area contributed by atoms with Crippen molar-refractivity contribution in [3.63, 3.8) is 0 Å². The third kappa shape index (κ3) is 2.27. The maximum atomic E-state index is 12.1. The molecule has 0 atom stereocenters. The molecule has 9 nitrogen and oxygen atoms in total. The summed E-state index contributed by atoms with van der Waals surface area (Å²) < 4.78 is 1.94. The van der Waals surface area contributed by atoms with E-state index >= 15 is 0 Å². The van der Waals surface area contributed by atoms with Crippen LogP contribution in [0.2, 0.25) is 0 Å². The SMILES string of the molecule is CN1CCN(c2cnn(C3CN(c4ncnc5ncccc45)C3)c2)C1=O. The van der Waals surface area contributed by atoms with Gasteiger partial charge in [-0.2, -0.15) is 5.10 Å². The molecule has 26 heavy (non-hydrogen) atoms. The van der Waals surface area contributed by atoms with E-state index in [1.165, 1.54) is 0 Å². The van der Waals surface area contributed by atoms with Gasteiger partial charge < -0.3 is 9.80 Å². The number of aromatic nitrogens is 5. The van der Waals surface area contributed by atoms with E-state index in [1.54, 1.807) is 28.5 Å². The molecule has 2 fully saturated rings. The van der Waals surface area contributed by atoms with Crippen LogP contribution >= 0.6 is 0 Å². The highest BCUT2D eigenvalue weighted by molar-refractivity contribution is 5.93. The molecule has 5 rings (SSSR count). The van der Waals surface area contributed by atoms with Crippen LogP contribution in [0, 0.1) is 0 Å². The van der Waals surface area contributed by atoms with Crippen molar-refractivity contribution in [2.45, 2.75) is 6.04 Å². The maximum Gasteiger partial charge on any atom is 0.324 e. The van der Waals surface area contributed by atoms with Gasteiger partial charge in [0.1, 0.15) is 12.1 Å². The second-order valence-corrected chi connectivity index (χ2v) is 6.66. The summed E-state index contributed by atoms with van der Waals surface area (Å²) in [6.07, 6.45) is 7.02. The average molecular weight is 350 g/mol. The molecule has 2 aliphatic rings. The molecule has 2 saturated heterocycles. The molecular formula is C17H18N8O. The van der Waals surface area contributed by atoms with E-state index in [4.69, 9.17) is 0 Å². The third-order valence-electron chi connectivity index (χ3n) is 5.04. The fourth-order valence-corrected chi connectivity index (χ4v) is 3.48. The summed E-state index contributed by atoms with van der Waals surface area (Å²) in [6, 6.07) is 4.18. The largest absolute Gasteiger partial charge is 0.352 e. The number of urea groups is 1. The molecule has 0 radical (unpaired) electrons. The lowest BCUT2D eigenvalue weighted by Crippen LogP contribution is -2.48. The quantitative estimate of drug-likeness (QED) is 0.705. The van der Waals surface area contributed by atoms with E-state index in [0.717, 1.165) is 36.5 Å². The van der Waals surface area contributed by atoms with Gasteiger partial charge in [-0.3, -0.25) is 9.58 Å². The molecule has 3 aromatic rings. The predicted octanol–water partition coefficient (Wildman–Crippen LogP) is 1.15. The number of anilines is 2. The molecule has 0 unspecified atom stereocenters. The molecular weight excluding hydrogens is 332 g/mol. The topological polar surface area (TPSA) is 83.3 Å². The fraction of sp³-hybridized carbons (Fsp3) is 0.353. The molecule has 2 amide bonds. The second kappa shape index (κ2) is 5.65. The Kier molecular flexibility index (Phi) is 3.27. The Morgan fingerprint density at radius 2 is 2.04 bits per heavy atom. The summed E-state index contributed by atoms with van der Waals surface area (Å²) >= 11 is 0. The average Bonchev–Trinajstić information content (AvgIpc) is 3.22. The second-order valence-electron chi connectivity index (χ2n) is 6.66. The van der Waals surface area contributed by atoms with E-state index in [9.17, 15) is 4.79 Å². The van der Waals surface area contributed by atoms with Gasteiger partial charge in [0, 0.05) is 45.6 Å². The van der Waals surface area contributed by atoms with Gasteiger partial charge in [0.2, 0.25) is 0 Å². The highest BCUT2D eigenvalue weighted by Gasteiger charge is 2.33. The number of pyridine rings is 1. The van der Waals surface area contributed by atoms with Crippen LogP contribution in [0.3, 0.4) is 0 Å². The summed E-state index contributed by atoms with van der Waals surface area (Å²) in [5.74, 6) is 0.906. The molecule has 0 saturated carbocycles. The first-order chi connectivity index (χ1) is 12.7. The summed E-state index contributed by atoms with van der Waals surface area (Å²) in [6.45, 7) is 3.08. The summed E-state index contributed by atoms with van der Waals surface area (Å²) in [5, 5.41) is 5.42. The Morgan fingerprint density at radius 3 is 2.85 bits per heavy atom. The minimum Gasteiger partial charge on any atom is -0.352 e. The van der Waals surface area contributed by atoms with E-state index in [0.29, 0.717) is 12.2 Å². The van der Waals surface area contributed by atoms with Gasteiger partial charge in [-0.1, -0.05) is 0 Å². The predicted molar refractivity (Wildman–Crippen MR) is 96.2 cm³/mol. The normalized spacial score (nSPS) is 18.0. The minimum absolute atomic E-state index is 0.0275. The molecule has 0 aliphatic carbocycles. The van der Waals surface area contributed by atoms with Crippen LogP contribution in [-0.2, 0) is 0 Å². The van der Waals surface area contributed by atoms with Gasteiger partial charge in [0.05, 0.1) is 23.3 Å². The van der Waals surface area contributed by atoms with E-state index < -0.39 is 0 Å². The lowest BCUT2D eigenvalue weighted by Gasteiger charge is -2.40. The van der Waals surface area contributed by atoms with Crippen molar-refractivity contribution in [2.24, 2.45) is 0 Å². The lowest BCUT2D eigenvalue weighted by molar-refractivity contribution is 0.229. The van der Waals surface area contributed by atoms with Crippen molar-refractivity contribution >= 4 is 28.6 Å². The van der Waals surface area contributed by atoms with Gasteiger partial charge in [-0.25, -0.2) is 19.7 Å². The third-order valence-corrected chi connectivity index (χ3v) is 5.04. The Balaban J connectivity index is 1.32. The first kappa shape index (κ1) is 15.1.